The zero-order valence-corrected chi connectivity index (χ0v) is 9.43. The molecule has 2 N–H and O–H groups in total. The predicted octanol–water partition coefficient (Wildman–Crippen LogP) is 0.930. The van der Waals surface area contributed by atoms with E-state index in [1.54, 1.807) is 0 Å². The summed E-state index contributed by atoms with van der Waals surface area (Å²) in [4.78, 5) is 0. The van der Waals surface area contributed by atoms with Crippen LogP contribution in [-0.4, -0.2) is 24.3 Å². The third-order valence-electron chi connectivity index (χ3n) is 1.62. The monoisotopic (exact) mass is 282 g/mol. The minimum absolute atomic E-state index is 0.0156. The normalized spacial score (nSPS) is 10.1. The molecule has 0 saturated heterocycles. The first kappa shape index (κ1) is 11.8. The molecular weight excluding hydrogens is 277 g/mol. The van der Waals surface area contributed by atoms with Gasteiger partial charge in [-0.05, 0) is 22.0 Å². The molecule has 0 aromatic heterocycles. The van der Waals surface area contributed by atoms with Gasteiger partial charge in [-0.15, -0.1) is 0 Å². The van der Waals surface area contributed by atoms with Crippen LogP contribution in [0.4, 0.5) is 4.39 Å². The van der Waals surface area contributed by atoms with Crippen molar-refractivity contribution in [2.75, 3.05) is 7.11 Å². The Kier molecular flexibility index (Phi) is 3.77. The lowest BCUT2D eigenvalue weighted by atomic mass is 9.79. The summed E-state index contributed by atoms with van der Waals surface area (Å²) in [7, 11) is -0.681. The fourth-order valence-electron chi connectivity index (χ4n) is 1.04. The molecule has 3 nitrogen and oxygen atoms in total. The van der Waals surface area contributed by atoms with Crippen molar-refractivity contribution in [2.45, 2.75) is 0 Å². The quantitative estimate of drug-likeness (QED) is 0.627. The molecule has 0 bridgehead atoms. The van der Waals surface area contributed by atoms with Gasteiger partial charge in [0.1, 0.15) is 11.6 Å². The summed E-state index contributed by atoms with van der Waals surface area (Å²) in [5.41, 5.74) is -0.383. The molecule has 0 saturated carbocycles. The molecule has 0 heterocycles. The van der Waals surface area contributed by atoms with Gasteiger partial charge in [-0.3, -0.25) is 0 Å². The van der Waals surface area contributed by atoms with Gasteiger partial charge in [-0.1, -0.05) is 11.6 Å². The van der Waals surface area contributed by atoms with Gasteiger partial charge in [0.15, 0.2) is 0 Å². The summed E-state index contributed by atoms with van der Waals surface area (Å²) in [6.07, 6.45) is 0. The van der Waals surface area contributed by atoms with Crippen LogP contribution in [0.5, 0.6) is 5.75 Å². The highest BCUT2D eigenvalue weighted by Crippen LogP contribution is 2.28. The van der Waals surface area contributed by atoms with Crippen molar-refractivity contribution in [3.8, 4) is 5.75 Å². The van der Waals surface area contributed by atoms with E-state index < -0.39 is 12.9 Å². The van der Waals surface area contributed by atoms with Crippen LogP contribution < -0.4 is 10.2 Å². The van der Waals surface area contributed by atoms with Crippen LogP contribution in [-0.2, 0) is 0 Å². The summed E-state index contributed by atoms with van der Waals surface area (Å²) in [6.45, 7) is 0. The molecule has 0 aliphatic heterocycles. The van der Waals surface area contributed by atoms with Crippen LogP contribution in [0.3, 0.4) is 0 Å². The number of rotatable bonds is 2. The smallest absolute Gasteiger partial charge is 0.495 e. The highest BCUT2D eigenvalue weighted by Gasteiger charge is 2.26. The topological polar surface area (TPSA) is 49.7 Å². The Bertz CT molecular complexity index is 361. The minimum Gasteiger partial charge on any atom is -0.496 e. The van der Waals surface area contributed by atoms with Gasteiger partial charge in [-0.2, -0.15) is 0 Å². The van der Waals surface area contributed by atoms with Gasteiger partial charge < -0.3 is 14.8 Å². The van der Waals surface area contributed by atoms with Gasteiger partial charge in [0, 0.05) is 0 Å². The lowest BCUT2D eigenvalue weighted by Crippen LogP contribution is -2.34. The zero-order valence-electron chi connectivity index (χ0n) is 7.09. The van der Waals surface area contributed by atoms with E-state index in [0.29, 0.717) is 4.47 Å². The largest absolute Gasteiger partial charge is 0.496 e. The van der Waals surface area contributed by atoms with Crippen LogP contribution in [0.15, 0.2) is 10.5 Å². The second-order valence-electron chi connectivity index (χ2n) is 2.47. The van der Waals surface area contributed by atoms with Crippen molar-refractivity contribution < 1.29 is 19.2 Å². The maximum atomic E-state index is 13.3. The molecule has 76 valence electrons. The first-order valence-electron chi connectivity index (χ1n) is 3.56. The van der Waals surface area contributed by atoms with Crippen molar-refractivity contribution in [1.82, 2.24) is 0 Å². The van der Waals surface area contributed by atoms with E-state index in [0.717, 1.165) is 0 Å². The Labute approximate surface area is 93.7 Å². The molecule has 0 atom stereocenters. The van der Waals surface area contributed by atoms with E-state index in [1.807, 2.05) is 0 Å². The van der Waals surface area contributed by atoms with Crippen LogP contribution in [0.25, 0.3) is 0 Å². The molecule has 0 aliphatic rings. The van der Waals surface area contributed by atoms with E-state index in [-0.39, 0.29) is 16.2 Å². The molecular formula is C7H6BBrClFO3. The average Bonchev–Trinajstić information content (AvgIpc) is 2.10. The first-order chi connectivity index (χ1) is 6.49. The Morgan fingerprint density at radius 3 is 2.57 bits per heavy atom. The molecule has 0 spiro atoms. The molecule has 1 aromatic carbocycles. The molecule has 1 rings (SSSR count). The summed E-state index contributed by atoms with van der Waals surface area (Å²) >= 11 is 8.57. The van der Waals surface area contributed by atoms with Crippen LogP contribution in [0, 0.1) is 5.82 Å². The van der Waals surface area contributed by atoms with Crippen molar-refractivity contribution in [1.29, 1.82) is 0 Å². The molecule has 14 heavy (non-hydrogen) atoms. The molecule has 1 aromatic rings. The summed E-state index contributed by atoms with van der Waals surface area (Å²) in [5.74, 6) is -0.886. The number of ether oxygens (including phenoxy) is 1. The average molecular weight is 283 g/mol. The van der Waals surface area contributed by atoms with E-state index in [1.165, 1.54) is 13.2 Å². The molecule has 0 aliphatic carbocycles. The minimum atomic E-state index is -1.97. The standard InChI is InChI=1S/C7H6BBrClFO3/c1-14-7-3(9)2-4(10)6(11)5(7)8(12)13/h2,12-13H,1H3. The van der Waals surface area contributed by atoms with Crippen molar-refractivity contribution in [3.05, 3.63) is 21.4 Å². The molecule has 0 radical (unpaired) electrons. The van der Waals surface area contributed by atoms with E-state index >= 15 is 0 Å². The van der Waals surface area contributed by atoms with Crippen molar-refractivity contribution in [3.63, 3.8) is 0 Å². The number of methoxy groups -OCH3 is 1. The summed E-state index contributed by atoms with van der Waals surface area (Å²) in [6, 6.07) is 1.28. The lowest BCUT2D eigenvalue weighted by Gasteiger charge is -2.11. The highest BCUT2D eigenvalue weighted by molar-refractivity contribution is 9.10. The van der Waals surface area contributed by atoms with Gasteiger partial charge in [0.05, 0.1) is 22.1 Å². The SMILES string of the molecule is COc1c(Br)cc(Cl)c(F)c1B(O)O. The Morgan fingerprint density at radius 1 is 1.57 bits per heavy atom. The molecule has 0 fully saturated rings. The third kappa shape index (κ3) is 2.03. The van der Waals surface area contributed by atoms with E-state index in [9.17, 15) is 4.39 Å². The van der Waals surface area contributed by atoms with Crippen LogP contribution >= 0.6 is 27.5 Å². The summed E-state index contributed by atoms with van der Waals surface area (Å²) in [5, 5.41) is 17.6. The first-order valence-corrected chi connectivity index (χ1v) is 4.73. The fourth-order valence-corrected chi connectivity index (χ4v) is 1.98. The molecule has 0 amide bonds. The zero-order chi connectivity index (χ0) is 10.9. The predicted molar refractivity (Wildman–Crippen MR) is 55.5 cm³/mol. The van der Waals surface area contributed by atoms with Gasteiger partial charge in [0.25, 0.3) is 0 Å². The highest BCUT2D eigenvalue weighted by atomic mass is 79.9. The number of hydrogen-bond donors (Lipinski definition) is 2. The Morgan fingerprint density at radius 2 is 2.14 bits per heavy atom. The molecule has 7 heteroatoms. The number of hydrogen-bond acceptors (Lipinski definition) is 3. The number of benzene rings is 1. The van der Waals surface area contributed by atoms with Crippen LogP contribution in [0.2, 0.25) is 5.02 Å². The Hall–Kier alpha value is -0.295. The van der Waals surface area contributed by atoms with Crippen molar-refractivity contribution >= 4 is 40.1 Å². The third-order valence-corrected chi connectivity index (χ3v) is 2.49. The lowest BCUT2D eigenvalue weighted by molar-refractivity contribution is 0.397. The van der Waals surface area contributed by atoms with Crippen LogP contribution in [0.1, 0.15) is 0 Å². The molecule has 0 unspecified atom stereocenters. The fraction of sp³-hybridized carbons (Fsp3) is 0.143. The van der Waals surface area contributed by atoms with E-state index in [4.69, 9.17) is 26.4 Å². The second-order valence-corrected chi connectivity index (χ2v) is 3.74. The second kappa shape index (κ2) is 4.48. The summed E-state index contributed by atoms with van der Waals surface area (Å²) < 4.78 is 18.5. The van der Waals surface area contributed by atoms with Crippen molar-refractivity contribution in [2.24, 2.45) is 0 Å². The Balaban J connectivity index is 3.48. The maximum absolute atomic E-state index is 13.3. The van der Waals surface area contributed by atoms with Gasteiger partial charge in [0.2, 0.25) is 0 Å². The van der Waals surface area contributed by atoms with E-state index in [2.05, 4.69) is 15.9 Å². The number of halogens is 3. The van der Waals surface area contributed by atoms with Gasteiger partial charge in [-0.25, -0.2) is 4.39 Å². The van der Waals surface area contributed by atoms with Gasteiger partial charge >= 0.3 is 7.12 Å². The maximum Gasteiger partial charge on any atom is 0.495 e.